The van der Waals surface area contributed by atoms with E-state index in [2.05, 4.69) is 48.3 Å². The minimum Gasteiger partial charge on any atom is -0.454 e. The number of hydrogen-bond donors (Lipinski definition) is 0. The van der Waals surface area contributed by atoms with Crippen LogP contribution in [0, 0.1) is 5.92 Å². The predicted molar refractivity (Wildman–Crippen MR) is 149 cm³/mol. The number of aryl methyl sites for hydroxylation is 2. The normalized spacial score (nSPS) is 17.0. The number of hydrogen-bond acceptors (Lipinski definition) is 3. The summed E-state index contributed by atoms with van der Waals surface area (Å²) in [4.78, 5) is 4.67. The Morgan fingerprint density at radius 1 is 0.778 bits per heavy atom. The van der Waals surface area contributed by atoms with Gasteiger partial charge in [0.05, 0.1) is 0 Å². The summed E-state index contributed by atoms with van der Waals surface area (Å²) in [6.07, 6.45) is 26.0. The topological polar surface area (TPSA) is 31.4 Å². The van der Waals surface area contributed by atoms with Gasteiger partial charge in [-0.3, -0.25) is 4.98 Å². The molecule has 0 saturated heterocycles. The zero-order chi connectivity index (χ0) is 24.8. The monoisotopic (exact) mass is 489 g/mol. The lowest BCUT2D eigenvalue weighted by atomic mass is 9.99. The number of aromatic nitrogens is 1. The Hall–Kier alpha value is -2.29. The van der Waals surface area contributed by atoms with E-state index in [4.69, 9.17) is 9.47 Å². The van der Waals surface area contributed by atoms with Gasteiger partial charge in [0, 0.05) is 23.0 Å². The molecule has 0 N–H and O–H groups in total. The fourth-order valence-electron chi connectivity index (χ4n) is 5.23. The molecular formula is C33H47NO2. The van der Waals surface area contributed by atoms with E-state index >= 15 is 0 Å². The van der Waals surface area contributed by atoms with E-state index in [0.717, 1.165) is 41.3 Å². The van der Waals surface area contributed by atoms with Crippen LogP contribution in [-0.4, -0.2) is 4.98 Å². The van der Waals surface area contributed by atoms with Gasteiger partial charge in [-0.2, -0.15) is 0 Å². The van der Waals surface area contributed by atoms with E-state index in [1.54, 1.807) is 6.26 Å². The van der Waals surface area contributed by atoms with Crippen molar-refractivity contribution in [3.05, 3.63) is 71.2 Å². The van der Waals surface area contributed by atoms with Gasteiger partial charge < -0.3 is 9.47 Å². The van der Waals surface area contributed by atoms with Crippen molar-refractivity contribution < 1.29 is 9.47 Å². The van der Waals surface area contributed by atoms with Crippen molar-refractivity contribution >= 4 is 5.76 Å². The maximum atomic E-state index is 6.24. The zero-order valence-electron chi connectivity index (χ0n) is 22.6. The van der Waals surface area contributed by atoms with Crippen molar-refractivity contribution in [2.24, 2.45) is 5.92 Å². The summed E-state index contributed by atoms with van der Waals surface area (Å²) in [5, 5.41) is 0. The average Bonchev–Trinajstić information content (AvgIpc) is 3.61. The Bertz CT molecular complexity index is 916. The molecule has 1 unspecified atom stereocenters. The van der Waals surface area contributed by atoms with Gasteiger partial charge in [0.25, 0.3) is 6.29 Å². The van der Waals surface area contributed by atoms with Crippen LogP contribution in [0.3, 0.4) is 0 Å². The van der Waals surface area contributed by atoms with Crippen LogP contribution >= 0.6 is 0 Å². The second-order valence-electron chi connectivity index (χ2n) is 10.9. The first-order valence-electron chi connectivity index (χ1n) is 14.9. The van der Waals surface area contributed by atoms with Gasteiger partial charge in [-0.1, -0.05) is 115 Å². The van der Waals surface area contributed by atoms with Crippen LogP contribution in [0.1, 0.15) is 132 Å². The molecule has 2 heterocycles. The molecule has 3 nitrogen and oxygen atoms in total. The largest absolute Gasteiger partial charge is 0.454 e. The van der Waals surface area contributed by atoms with Gasteiger partial charge in [0.15, 0.2) is 5.76 Å². The lowest BCUT2D eigenvalue weighted by molar-refractivity contribution is -0.0177. The molecule has 1 atom stereocenters. The summed E-state index contributed by atoms with van der Waals surface area (Å²) < 4.78 is 12.2. The fraction of sp³-hybridized carbons (Fsp3) is 0.606. The van der Waals surface area contributed by atoms with E-state index in [0.29, 0.717) is 0 Å². The third kappa shape index (κ3) is 8.98. The Morgan fingerprint density at radius 3 is 2.25 bits per heavy atom. The maximum absolute atomic E-state index is 6.24. The molecule has 1 fully saturated rings. The molecule has 0 bridgehead atoms. The number of unbranched alkanes of at least 4 members (excludes halogenated alkanes) is 10. The highest BCUT2D eigenvalue weighted by molar-refractivity contribution is 5.59. The second-order valence-corrected chi connectivity index (χ2v) is 10.9. The van der Waals surface area contributed by atoms with Crippen LogP contribution in [0.15, 0.2) is 48.9 Å². The second kappa shape index (κ2) is 15.1. The third-order valence-corrected chi connectivity index (χ3v) is 7.74. The molecule has 1 aliphatic carbocycles. The quantitative estimate of drug-likeness (QED) is 0.195. The molecule has 1 aromatic carbocycles. The van der Waals surface area contributed by atoms with Crippen molar-refractivity contribution in [1.29, 1.82) is 0 Å². The van der Waals surface area contributed by atoms with Crippen LogP contribution in [0.4, 0.5) is 0 Å². The van der Waals surface area contributed by atoms with E-state index in [9.17, 15) is 0 Å². The van der Waals surface area contributed by atoms with Crippen molar-refractivity contribution in [2.45, 2.75) is 122 Å². The highest BCUT2D eigenvalue weighted by Crippen LogP contribution is 2.36. The SMILES string of the molecule is CCCCCCCc1ccc(C2=COC(c3ccccc3CCCCCCCCCC3CC3)O2)cn1. The van der Waals surface area contributed by atoms with Crippen molar-refractivity contribution in [2.75, 3.05) is 0 Å². The molecule has 1 aliphatic heterocycles. The van der Waals surface area contributed by atoms with Crippen molar-refractivity contribution in [3.63, 3.8) is 0 Å². The lowest BCUT2D eigenvalue weighted by Crippen LogP contribution is -2.04. The molecule has 196 valence electrons. The maximum Gasteiger partial charge on any atom is 0.267 e. The van der Waals surface area contributed by atoms with Crippen molar-refractivity contribution in [3.8, 4) is 0 Å². The molecule has 3 heteroatoms. The number of benzene rings is 1. The predicted octanol–water partition coefficient (Wildman–Crippen LogP) is 9.71. The lowest BCUT2D eigenvalue weighted by Gasteiger charge is -2.16. The van der Waals surface area contributed by atoms with E-state index in [-0.39, 0.29) is 6.29 Å². The Labute approximate surface area is 219 Å². The van der Waals surface area contributed by atoms with Gasteiger partial charge in [-0.05, 0) is 49.3 Å². The Balaban J connectivity index is 1.16. The number of ether oxygens (including phenoxy) is 2. The molecule has 1 saturated carbocycles. The van der Waals surface area contributed by atoms with Gasteiger partial charge in [0.1, 0.15) is 6.26 Å². The molecule has 2 aromatic rings. The Kier molecular flexibility index (Phi) is 11.2. The summed E-state index contributed by atoms with van der Waals surface area (Å²) in [5.74, 6) is 1.87. The Morgan fingerprint density at radius 2 is 1.50 bits per heavy atom. The number of pyridine rings is 1. The fourth-order valence-corrected chi connectivity index (χ4v) is 5.23. The van der Waals surface area contributed by atoms with Crippen LogP contribution in [0.25, 0.3) is 5.76 Å². The number of rotatable bonds is 18. The molecule has 0 spiro atoms. The summed E-state index contributed by atoms with van der Waals surface area (Å²) in [7, 11) is 0. The smallest absolute Gasteiger partial charge is 0.267 e. The molecule has 4 rings (SSSR count). The van der Waals surface area contributed by atoms with E-state index in [1.165, 1.54) is 102 Å². The van der Waals surface area contributed by atoms with Crippen LogP contribution in [0.2, 0.25) is 0 Å². The van der Waals surface area contributed by atoms with Crippen LogP contribution in [0.5, 0.6) is 0 Å². The average molecular weight is 490 g/mol. The van der Waals surface area contributed by atoms with Gasteiger partial charge in [-0.25, -0.2) is 0 Å². The van der Waals surface area contributed by atoms with Gasteiger partial charge in [-0.15, -0.1) is 0 Å². The zero-order valence-corrected chi connectivity index (χ0v) is 22.6. The van der Waals surface area contributed by atoms with Gasteiger partial charge in [0.2, 0.25) is 0 Å². The molecule has 1 aromatic heterocycles. The first kappa shape index (κ1) is 26.8. The van der Waals surface area contributed by atoms with Crippen LogP contribution in [-0.2, 0) is 22.3 Å². The van der Waals surface area contributed by atoms with E-state index < -0.39 is 0 Å². The van der Waals surface area contributed by atoms with Crippen molar-refractivity contribution in [1.82, 2.24) is 4.98 Å². The minimum absolute atomic E-state index is 0.360. The third-order valence-electron chi connectivity index (χ3n) is 7.74. The van der Waals surface area contributed by atoms with Crippen LogP contribution < -0.4 is 0 Å². The first-order chi connectivity index (χ1) is 17.8. The highest BCUT2D eigenvalue weighted by atomic mass is 16.7. The summed E-state index contributed by atoms with van der Waals surface area (Å²) in [6.45, 7) is 2.26. The minimum atomic E-state index is -0.360. The standard InChI is InChI=1S/C33H47NO2/c1-2-3-4-8-13-19-30-24-23-29(25-34-30)32-26-35-33(36-32)31-20-15-14-18-28(31)17-12-10-7-5-6-9-11-16-27-21-22-27/h14-15,18,20,23-27,33H,2-13,16-17,19,21-22H2,1H3. The molecular weight excluding hydrogens is 442 g/mol. The summed E-state index contributed by atoms with van der Waals surface area (Å²) in [6, 6.07) is 12.8. The highest BCUT2D eigenvalue weighted by Gasteiger charge is 2.25. The molecule has 36 heavy (non-hydrogen) atoms. The molecule has 0 amide bonds. The number of nitrogens with zero attached hydrogens (tertiary/aromatic N) is 1. The summed E-state index contributed by atoms with van der Waals surface area (Å²) >= 11 is 0. The first-order valence-corrected chi connectivity index (χ1v) is 14.9. The van der Waals surface area contributed by atoms with Gasteiger partial charge >= 0.3 is 0 Å². The van der Waals surface area contributed by atoms with E-state index in [1.807, 2.05) is 6.20 Å². The molecule has 2 aliphatic rings. The molecule has 0 radical (unpaired) electrons. The summed E-state index contributed by atoms with van der Waals surface area (Å²) in [5.41, 5.74) is 4.65.